The summed E-state index contributed by atoms with van der Waals surface area (Å²) < 4.78 is 12.1. The highest BCUT2D eigenvalue weighted by molar-refractivity contribution is 7.80. The molecule has 6 heteroatoms. The van der Waals surface area contributed by atoms with Crippen LogP contribution >= 0.6 is 24.8 Å². The zero-order valence-electron chi connectivity index (χ0n) is 13.4. The summed E-state index contributed by atoms with van der Waals surface area (Å²) in [7, 11) is -0.377. The van der Waals surface area contributed by atoms with Gasteiger partial charge < -0.3 is 15.0 Å². The number of thiocarbonyl (C=S) groups is 1. The van der Waals surface area contributed by atoms with Crippen LogP contribution in [0.25, 0.3) is 6.08 Å². The van der Waals surface area contributed by atoms with Crippen molar-refractivity contribution in [1.82, 2.24) is 0 Å². The summed E-state index contributed by atoms with van der Waals surface area (Å²) in [4.78, 5) is 0.399. The van der Waals surface area contributed by atoms with Gasteiger partial charge in [-0.2, -0.15) is 12.6 Å². The van der Waals surface area contributed by atoms with Crippen molar-refractivity contribution in [3.05, 3.63) is 40.9 Å². The SMILES string of the molecule is CC1(C)OB(C(=Cc2ccc(C(N)=S)cc2)CS)OC1(C)C. The molecule has 3 nitrogen and oxygen atoms in total. The minimum atomic E-state index is -0.377. The van der Waals surface area contributed by atoms with Gasteiger partial charge in [0, 0.05) is 11.3 Å². The monoisotopic (exact) mass is 335 g/mol. The number of nitrogens with two attached hydrogens (primary N) is 1. The van der Waals surface area contributed by atoms with Crippen molar-refractivity contribution in [2.24, 2.45) is 5.73 Å². The molecule has 22 heavy (non-hydrogen) atoms. The summed E-state index contributed by atoms with van der Waals surface area (Å²) in [6.45, 7) is 8.17. The predicted octanol–water partition coefficient (Wildman–Crippen LogP) is 3.27. The lowest BCUT2D eigenvalue weighted by atomic mass is 9.78. The normalized spacial score (nSPS) is 20.2. The van der Waals surface area contributed by atoms with E-state index in [1.807, 2.05) is 58.0 Å². The van der Waals surface area contributed by atoms with Gasteiger partial charge in [0.1, 0.15) is 4.99 Å². The van der Waals surface area contributed by atoms with Crippen molar-refractivity contribution in [2.45, 2.75) is 38.9 Å². The molecule has 0 amide bonds. The maximum Gasteiger partial charge on any atom is 0.491 e. The van der Waals surface area contributed by atoms with Gasteiger partial charge in [-0.1, -0.05) is 42.6 Å². The second kappa shape index (κ2) is 6.36. The summed E-state index contributed by atoms with van der Waals surface area (Å²) in [6.07, 6.45) is 2.04. The van der Waals surface area contributed by atoms with Crippen molar-refractivity contribution < 1.29 is 9.31 Å². The van der Waals surface area contributed by atoms with Crippen LogP contribution in [0.15, 0.2) is 29.7 Å². The second-order valence-electron chi connectivity index (χ2n) is 6.45. The van der Waals surface area contributed by atoms with Crippen LogP contribution in [0.4, 0.5) is 0 Å². The zero-order valence-corrected chi connectivity index (χ0v) is 15.1. The molecule has 0 atom stereocenters. The van der Waals surface area contributed by atoms with Crippen molar-refractivity contribution in [3.8, 4) is 0 Å². The lowest BCUT2D eigenvalue weighted by molar-refractivity contribution is 0.00578. The third kappa shape index (κ3) is 3.57. The molecule has 2 N–H and O–H groups in total. The number of benzene rings is 1. The first-order valence-corrected chi connectivity index (χ1v) is 8.27. The van der Waals surface area contributed by atoms with Crippen LogP contribution in [0.2, 0.25) is 0 Å². The highest BCUT2D eigenvalue weighted by Crippen LogP contribution is 2.39. The van der Waals surface area contributed by atoms with Crippen LogP contribution < -0.4 is 5.73 Å². The van der Waals surface area contributed by atoms with Gasteiger partial charge in [0.2, 0.25) is 0 Å². The Bertz CT molecular complexity index is 581. The van der Waals surface area contributed by atoms with Gasteiger partial charge in [0.05, 0.1) is 11.2 Å². The maximum absolute atomic E-state index is 6.07. The molecule has 1 aliphatic heterocycles. The van der Waals surface area contributed by atoms with Crippen LogP contribution in [-0.2, 0) is 9.31 Å². The molecule has 2 rings (SSSR count). The zero-order chi connectivity index (χ0) is 16.5. The van der Waals surface area contributed by atoms with Crippen LogP contribution in [0.5, 0.6) is 0 Å². The molecular formula is C16H22BNO2S2. The quantitative estimate of drug-likeness (QED) is 0.504. The Balaban J connectivity index is 2.23. The molecule has 0 saturated carbocycles. The first kappa shape index (κ1) is 17.5. The lowest BCUT2D eigenvalue weighted by Crippen LogP contribution is -2.41. The van der Waals surface area contributed by atoms with Crippen LogP contribution in [-0.4, -0.2) is 29.1 Å². The minimum absolute atomic E-state index is 0.352. The molecule has 0 spiro atoms. The number of hydrogen-bond donors (Lipinski definition) is 2. The van der Waals surface area contributed by atoms with Gasteiger partial charge in [-0.15, -0.1) is 0 Å². The number of hydrogen-bond acceptors (Lipinski definition) is 4. The first-order chi connectivity index (χ1) is 10.2. The fraction of sp³-hybridized carbons (Fsp3) is 0.438. The minimum Gasteiger partial charge on any atom is -0.400 e. The average molecular weight is 335 g/mol. The summed E-state index contributed by atoms with van der Waals surface area (Å²) in [6, 6.07) is 7.77. The smallest absolute Gasteiger partial charge is 0.400 e. The Morgan fingerprint density at radius 3 is 2.09 bits per heavy atom. The van der Waals surface area contributed by atoms with Gasteiger partial charge in [-0.05, 0) is 38.7 Å². The molecule has 0 bridgehead atoms. The average Bonchev–Trinajstić information content (AvgIpc) is 2.65. The predicted molar refractivity (Wildman–Crippen MR) is 100 cm³/mol. The van der Waals surface area contributed by atoms with E-state index in [-0.39, 0.29) is 18.3 Å². The molecule has 1 heterocycles. The van der Waals surface area contributed by atoms with Crippen LogP contribution in [0.1, 0.15) is 38.8 Å². The van der Waals surface area contributed by atoms with E-state index in [4.69, 9.17) is 27.3 Å². The van der Waals surface area contributed by atoms with Gasteiger partial charge >= 0.3 is 7.12 Å². The maximum atomic E-state index is 6.07. The second-order valence-corrected chi connectivity index (χ2v) is 7.21. The molecule has 1 aromatic rings. The molecule has 1 aromatic carbocycles. The van der Waals surface area contributed by atoms with Crippen LogP contribution in [0, 0.1) is 0 Å². The summed E-state index contributed by atoms with van der Waals surface area (Å²) in [5.74, 6) is 0.563. The molecule has 1 saturated heterocycles. The molecule has 0 radical (unpaired) electrons. The van der Waals surface area contributed by atoms with E-state index in [9.17, 15) is 0 Å². The Morgan fingerprint density at radius 1 is 1.18 bits per heavy atom. The lowest BCUT2D eigenvalue weighted by Gasteiger charge is -2.32. The third-order valence-electron chi connectivity index (χ3n) is 4.29. The van der Waals surface area contributed by atoms with E-state index in [1.54, 1.807) is 0 Å². The van der Waals surface area contributed by atoms with Gasteiger partial charge in [0.25, 0.3) is 0 Å². The van der Waals surface area contributed by atoms with Gasteiger partial charge in [-0.3, -0.25) is 0 Å². The highest BCUT2D eigenvalue weighted by atomic mass is 32.1. The Hall–Kier alpha value is -0.815. The first-order valence-electron chi connectivity index (χ1n) is 7.23. The summed E-state index contributed by atoms with van der Waals surface area (Å²) in [5.41, 5.74) is 7.80. The van der Waals surface area contributed by atoms with Crippen molar-refractivity contribution >= 4 is 43.0 Å². The number of thiol groups is 1. The Morgan fingerprint density at radius 2 is 1.68 bits per heavy atom. The molecule has 118 valence electrons. The van der Waals surface area contributed by atoms with Crippen molar-refractivity contribution in [3.63, 3.8) is 0 Å². The summed E-state index contributed by atoms with van der Waals surface area (Å²) >= 11 is 9.38. The standard InChI is InChI=1S/C16H22BNO2S2/c1-15(2)16(3,4)20-17(19-15)13(10-21)9-11-5-7-12(8-6-11)14(18)22/h5-9,21H,10H2,1-4H3,(H2,18,22). The van der Waals surface area contributed by atoms with Crippen LogP contribution in [0.3, 0.4) is 0 Å². The van der Waals surface area contributed by atoms with E-state index < -0.39 is 0 Å². The number of rotatable bonds is 4. The molecule has 1 aliphatic rings. The van der Waals surface area contributed by atoms with E-state index in [0.29, 0.717) is 10.7 Å². The highest BCUT2D eigenvalue weighted by Gasteiger charge is 2.52. The fourth-order valence-corrected chi connectivity index (χ4v) is 2.52. The van der Waals surface area contributed by atoms with E-state index in [1.165, 1.54) is 0 Å². The van der Waals surface area contributed by atoms with E-state index >= 15 is 0 Å². The van der Waals surface area contributed by atoms with Gasteiger partial charge in [0.15, 0.2) is 0 Å². The third-order valence-corrected chi connectivity index (χ3v) is 4.89. The molecule has 0 aromatic heterocycles. The summed E-state index contributed by atoms with van der Waals surface area (Å²) in [5, 5.41) is 0. The topological polar surface area (TPSA) is 44.5 Å². The molecule has 0 aliphatic carbocycles. The Labute approximate surface area is 143 Å². The van der Waals surface area contributed by atoms with E-state index in [2.05, 4.69) is 12.6 Å². The van der Waals surface area contributed by atoms with Crippen molar-refractivity contribution in [2.75, 3.05) is 5.75 Å². The Kier molecular flexibility index (Phi) is 5.07. The molecule has 1 fully saturated rings. The van der Waals surface area contributed by atoms with E-state index in [0.717, 1.165) is 16.6 Å². The van der Waals surface area contributed by atoms with Gasteiger partial charge in [-0.25, -0.2) is 0 Å². The molecular weight excluding hydrogens is 313 g/mol. The molecule has 0 unspecified atom stereocenters. The van der Waals surface area contributed by atoms with Crippen molar-refractivity contribution in [1.29, 1.82) is 0 Å². The fourth-order valence-electron chi connectivity index (χ4n) is 2.14. The largest absolute Gasteiger partial charge is 0.491 e.